The molecule has 144 valence electrons. The molecule has 1 aromatic carbocycles. The zero-order valence-corrected chi connectivity index (χ0v) is 16.1. The first kappa shape index (κ1) is 18.2. The van der Waals surface area contributed by atoms with Crippen LogP contribution in [0.25, 0.3) is 0 Å². The first-order chi connectivity index (χ1) is 13.2. The minimum atomic E-state index is 0.288. The Morgan fingerprint density at radius 2 is 1.96 bits per heavy atom. The minimum Gasteiger partial charge on any atom is -0.338 e. The van der Waals surface area contributed by atoms with Gasteiger partial charge in [-0.3, -0.25) is 4.79 Å². The second-order valence-electron chi connectivity index (χ2n) is 8.27. The Kier molecular flexibility index (Phi) is 5.58. The molecule has 2 fully saturated rings. The number of aromatic nitrogens is 2. The topological polar surface area (TPSA) is 41.4 Å². The lowest BCUT2D eigenvalue weighted by Crippen LogP contribution is -2.53. The molecule has 1 amide bonds. The molecule has 5 heteroatoms. The molecule has 4 rings (SSSR count). The van der Waals surface area contributed by atoms with Crippen molar-refractivity contribution in [1.82, 2.24) is 19.4 Å². The van der Waals surface area contributed by atoms with Gasteiger partial charge < -0.3 is 14.4 Å². The summed E-state index contributed by atoms with van der Waals surface area (Å²) < 4.78 is 2.15. The molecular weight excluding hydrogens is 336 g/mol. The number of hydrogen-bond donors (Lipinski definition) is 0. The molecule has 5 nitrogen and oxygen atoms in total. The van der Waals surface area contributed by atoms with Crippen LogP contribution in [-0.4, -0.2) is 51.4 Å². The third kappa shape index (κ3) is 4.59. The molecule has 2 aliphatic rings. The van der Waals surface area contributed by atoms with Gasteiger partial charge in [-0.05, 0) is 44.3 Å². The lowest BCUT2D eigenvalue weighted by molar-refractivity contribution is -0.140. The summed E-state index contributed by atoms with van der Waals surface area (Å²) in [6.45, 7) is 6.16. The molecule has 2 saturated heterocycles. The second kappa shape index (κ2) is 8.26. The molecule has 1 aromatic heterocycles. The maximum Gasteiger partial charge on any atom is 0.222 e. The first-order valence-electron chi connectivity index (χ1n) is 10.2. The molecule has 0 saturated carbocycles. The SMILES string of the molecule is O=C1CCC2(CCCN(CCCn3ccnc3)C2)CN1Cc1ccccc1. The van der Waals surface area contributed by atoms with Crippen LogP contribution in [0, 0.1) is 5.41 Å². The minimum absolute atomic E-state index is 0.288. The van der Waals surface area contributed by atoms with E-state index in [4.69, 9.17) is 0 Å². The number of carbonyl (C=O) groups is 1. The highest BCUT2D eigenvalue weighted by atomic mass is 16.2. The van der Waals surface area contributed by atoms with Crippen LogP contribution in [0.15, 0.2) is 49.1 Å². The highest BCUT2D eigenvalue weighted by molar-refractivity contribution is 5.77. The summed E-state index contributed by atoms with van der Waals surface area (Å²) in [5, 5.41) is 0. The van der Waals surface area contributed by atoms with Crippen LogP contribution in [-0.2, 0) is 17.9 Å². The van der Waals surface area contributed by atoms with E-state index >= 15 is 0 Å². The lowest BCUT2D eigenvalue weighted by atomic mass is 9.73. The smallest absolute Gasteiger partial charge is 0.222 e. The van der Waals surface area contributed by atoms with Gasteiger partial charge >= 0.3 is 0 Å². The van der Waals surface area contributed by atoms with Crippen molar-refractivity contribution in [2.75, 3.05) is 26.2 Å². The van der Waals surface area contributed by atoms with Gasteiger partial charge in [0, 0.05) is 50.4 Å². The van der Waals surface area contributed by atoms with Crippen LogP contribution in [0.5, 0.6) is 0 Å². The van der Waals surface area contributed by atoms with E-state index in [0.29, 0.717) is 12.3 Å². The number of benzene rings is 1. The number of aryl methyl sites for hydroxylation is 1. The fraction of sp³-hybridized carbons (Fsp3) is 0.545. The zero-order chi connectivity index (χ0) is 18.5. The van der Waals surface area contributed by atoms with E-state index in [-0.39, 0.29) is 5.41 Å². The molecule has 0 N–H and O–H groups in total. The first-order valence-corrected chi connectivity index (χ1v) is 10.2. The van der Waals surface area contributed by atoms with Crippen LogP contribution in [0.3, 0.4) is 0 Å². The predicted octanol–water partition coefficient (Wildman–Crippen LogP) is 3.18. The summed E-state index contributed by atoms with van der Waals surface area (Å²) in [5.41, 5.74) is 1.52. The summed E-state index contributed by atoms with van der Waals surface area (Å²) in [6.07, 6.45) is 11.2. The number of carbonyl (C=O) groups excluding carboxylic acids is 1. The molecule has 1 unspecified atom stereocenters. The van der Waals surface area contributed by atoms with Crippen molar-refractivity contribution < 1.29 is 4.79 Å². The standard InChI is InChI=1S/C22H30N4O/c27-21-8-10-22(18-26(21)16-20-6-2-1-3-7-20)9-4-12-24(17-22)13-5-14-25-15-11-23-19-25/h1-3,6-7,11,15,19H,4-5,8-10,12-14,16-18H2. The quantitative estimate of drug-likeness (QED) is 0.788. The van der Waals surface area contributed by atoms with Gasteiger partial charge in [0.25, 0.3) is 0 Å². The highest BCUT2D eigenvalue weighted by Crippen LogP contribution is 2.39. The summed E-state index contributed by atoms with van der Waals surface area (Å²) >= 11 is 0. The van der Waals surface area contributed by atoms with Gasteiger partial charge in [0.2, 0.25) is 5.91 Å². The van der Waals surface area contributed by atoms with Crippen molar-refractivity contribution in [3.63, 3.8) is 0 Å². The monoisotopic (exact) mass is 366 g/mol. The van der Waals surface area contributed by atoms with Crippen LogP contribution >= 0.6 is 0 Å². The number of amides is 1. The van der Waals surface area contributed by atoms with Crippen molar-refractivity contribution in [2.45, 2.75) is 45.2 Å². The third-order valence-corrected chi connectivity index (χ3v) is 6.15. The van der Waals surface area contributed by atoms with Gasteiger partial charge in [-0.25, -0.2) is 4.98 Å². The summed E-state index contributed by atoms with van der Waals surface area (Å²) in [4.78, 5) is 21.4. The van der Waals surface area contributed by atoms with E-state index < -0.39 is 0 Å². The Labute approximate surface area is 162 Å². The molecule has 2 aliphatic heterocycles. The average Bonchev–Trinajstić information content (AvgIpc) is 3.20. The van der Waals surface area contributed by atoms with Gasteiger partial charge in [-0.1, -0.05) is 30.3 Å². The van der Waals surface area contributed by atoms with Gasteiger partial charge in [-0.15, -0.1) is 0 Å². The molecule has 3 heterocycles. The van der Waals surface area contributed by atoms with Gasteiger partial charge in [0.15, 0.2) is 0 Å². The fourth-order valence-corrected chi connectivity index (χ4v) is 4.78. The van der Waals surface area contributed by atoms with Crippen LogP contribution < -0.4 is 0 Å². The second-order valence-corrected chi connectivity index (χ2v) is 8.27. The Bertz CT molecular complexity index is 730. The Morgan fingerprint density at radius 1 is 1.07 bits per heavy atom. The lowest BCUT2D eigenvalue weighted by Gasteiger charge is -2.48. The summed E-state index contributed by atoms with van der Waals surface area (Å²) in [5.74, 6) is 0.321. The van der Waals surface area contributed by atoms with Crippen molar-refractivity contribution in [2.24, 2.45) is 5.41 Å². The van der Waals surface area contributed by atoms with Crippen molar-refractivity contribution >= 4 is 5.91 Å². The van der Waals surface area contributed by atoms with E-state index in [1.165, 1.54) is 24.9 Å². The van der Waals surface area contributed by atoms with E-state index in [2.05, 4.69) is 43.6 Å². The zero-order valence-electron chi connectivity index (χ0n) is 16.1. The van der Waals surface area contributed by atoms with E-state index in [9.17, 15) is 4.79 Å². The maximum absolute atomic E-state index is 12.5. The van der Waals surface area contributed by atoms with E-state index in [1.54, 1.807) is 0 Å². The van der Waals surface area contributed by atoms with Crippen molar-refractivity contribution in [1.29, 1.82) is 0 Å². The largest absolute Gasteiger partial charge is 0.338 e. The number of piperidine rings is 2. The van der Waals surface area contributed by atoms with Gasteiger partial charge in [0.05, 0.1) is 6.33 Å². The fourth-order valence-electron chi connectivity index (χ4n) is 4.78. The molecular formula is C22H30N4O. The van der Waals surface area contributed by atoms with E-state index in [0.717, 1.165) is 45.6 Å². The number of hydrogen-bond acceptors (Lipinski definition) is 3. The number of rotatable bonds is 6. The molecule has 0 bridgehead atoms. The molecule has 2 aromatic rings. The van der Waals surface area contributed by atoms with Crippen LogP contribution in [0.4, 0.5) is 0 Å². The number of nitrogens with zero attached hydrogens (tertiary/aromatic N) is 4. The Hall–Kier alpha value is -2.14. The molecule has 0 radical (unpaired) electrons. The summed E-state index contributed by atoms with van der Waals surface area (Å²) in [6, 6.07) is 10.4. The number of imidazole rings is 1. The maximum atomic E-state index is 12.5. The molecule has 0 aliphatic carbocycles. The number of likely N-dealkylation sites (tertiary alicyclic amines) is 2. The van der Waals surface area contributed by atoms with Crippen molar-refractivity contribution in [3.8, 4) is 0 Å². The Balaban J connectivity index is 1.34. The van der Waals surface area contributed by atoms with Gasteiger partial charge in [0.1, 0.15) is 0 Å². The highest BCUT2D eigenvalue weighted by Gasteiger charge is 2.41. The average molecular weight is 367 g/mol. The van der Waals surface area contributed by atoms with Crippen LogP contribution in [0.2, 0.25) is 0 Å². The van der Waals surface area contributed by atoms with E-state index in [1.807, 2.05) is 24.8 Å². The van der Waals surface area contributed by atoms with Gasteiger partial charge in [-0.2, -0.15) is 0 Å². The summed E-state index contributed by atoms with van der Waals surface area (Å²) in [7, 11) is 0. The third-order valence-electron chi connectivity index (χ3n) is 6.15. The normalized spacial score (nSPS) is 23.9. The molecule has 27 heavy (non-hydrogen) atoms. The van der Waals surface area contributed by atoms with Crippen molar-refractivity contribution in [3.05, 3.63) is 54.6 Å². The Morgan fingerprint density at radius 3 is 2.78 bits per heavy atom. The molecule has 1 atom stereocenters. The molecule has 1 spiro atoms. The predicted molar refractivity (Wildman–Crippen MR) is 106 cm³/mol. The van der Waals surface area contributed by atoms with Crippen LogP contribution in [0.1, 0.15) is 37.7 Å².